The van der Waals surface area contributed by atoms with Gasteiger partial charge in [-0.25, -0.2) is 9.97 Å². The van der Waals surface area contributed by atoms with Gasteiger partial charge in [-0.15, -0.1) is 24.0 Å². The molecule has 1 aromatic carbocycles. The molecule has 1 saturated heterocycles. The fraction of sp³-hybridized carbons (Fsp3) is 0.522. The van der Waals surface area contributed by atoms with E-state index in [9.17, 15) is 0 Å². The van der Waals surface area contributed by atoms with Crippen molar-refractivity contribution < 1.29 is 0 Å². The molecule has 1 aliphatic rings. The molecule has 0 aliphatic carbocycles. The van der Waals surface area contributed by atoms with Gasteiger partial charge < -0.3 is 15.1 Å². The number of guanidine groups is 1. The predicted molar refractivity (Wildman–Crippen MR) is 139 cm³/mol. The number of aliphatic imine (C=N–C) groups is 1. The Bertz CT molecular complexity index is 792. The van der Waals surface area contributed by atoms with E-state index in [-0.39, 0.29) is 24.0 Å². The fourth-order valence-corrected chi connectivity index (χ4v) is 3.69. The second-order valence-electron chi connectivity index (χ2n) is 7.75. The first kappa shape index (κ1) is 25.3. The number of rotatable bonds is 8. The zero-order valence-electron chi connectivity index (χ0n) is 19.0. The van der Waals surface area contributed by atoms with Gasteiger partial charge in [0, 0.05) is 71.8 Å². The molecule has 0 atom stereocenters. The van der Waals surface area contributed by atoms with E-state index >= 15 is 0 Å². The van der Waals surface area contributed by atoms with Crippen LogP contribution in [0.25, 0.3) is 0 Å². The summed E-state index contributed by atoms with van der Waals surface area (Å²) >= 11 is 0. The summed E-state index contributed by atoms with van der Waals surface area (Å²) in [7, 11) is 2.11. The first-order valence-electron chi connectivity index (χ1n) is 11.0. The Morgan fingerprint density at radius 1 is 1.10 bits per heavy atom. The number of nitrogens with one attached hydrogen (secondary N) is 1. The number of halogens is 1. The van der Waals surface area contributed by atoms with Crippen LogP contribution in [0.2, 0.25) is 0 Å². The molecule has 2 aromatic rings. The van der Waals surface area contributed by atoms with E-state index in [2.05, 4.69) is 75.1 Å². The Labute approximate surface area is 204 Å². The highest BCUT2D eigenvalue weighted by Gasteiger charge is 2.18. The molecule has 0 unspecified atom stereocenters. The average molecular weight is 537 g/mol. The normalized spacial score (nSPS) is 14.8. The monoisotopic (exact) mass is 537 g/mol. The summed E-state index contributed by atoms with van der Waals surface area (Å²) in [6, 6.07) is 10.4. The van der Waals surface area contributed by atoms with E-state index < -0.39 is 0 Å². The van der Waals surface area contributed by atoms with Gasteiger partial charge in [0.05, 0.1) is 0 Å². The van der Waals surface area contributed by atoms with Crippen LogP contribution in [-0.4, -0.2) is 78.6 Å². The van der Waals surface area contributed by atoms with Crippen molar-refractivity contribution in [3.8, 4) is 0 Å². The molecule has 0 amide bonds. The Morgan fingerprint density at radius 2 is 1.81 bits per heavy atom. The van der Waals surface area contributed by atoms with Crippen LogP contribution in [0.3, 0.4) is 0 Å². The first-order valence-corrected chi connectivity index (χ1v) is 11.0. The Balaban J connectivity index is 0.00000341. The van der Waals surface area contributed by atoms with Crippen LogP contribution in [0.15, 0.2) is 47.7 Å². The molecule has 0 radical (unpaired) electrons. The molecule has 7 nitrogen and oxygen atoms in total. The highest BCUT2D eigenvalue weighted by Crippen LogP contribution is 2.11. The molecule has 0 bridgehead atoms. The van der Waals surface area contributed by atoms with Gasteiger partial charge in [-0.2, -0.15) is 0 Å². The molecular formula is C23H36IN7. The number of piperazine rings is 1. The topological polar surface area (TPSA) is 59.9 Å². The van der Waals surface area contributed by atoms with Crippen LogP contribution in [0.4, 0.5) is 5.95 Å². The summed E-state index contributed by atoms with van der Waals surface area (Å²) in [5.41, 5.74) is 2.66. The van der Waals surface area contributed by atoms with Gasteiger partial charge in [-0.1, -0.05) is 24.3 Å². The molecule has 2 heterocycles. The number of anilines is 1. The van der Waals surface area contributed by atoms with Crippen molar-refractivity contribution >= 4 is 35.9 Å². The minimum Gasteiger partial charge on any atom is -0.357 e. The summed E-state index contributed by atoms with van der Waals surface area (Å²) in [6.45, 7) is 12.0. The highest BCUT2D eigenvalue weighted by molar-refractivity contribution is 14.0. The van der Waals surface area contributed by atoms with E-state index in [1.807, 2.05) is 18.5 Å². The average Bonchev–Trinajstić information content (AvgIpc) is 2.78. The standard InChI is InChI=1S/C23H35N7.HI/c1-4-24-22(28(3)19-21-10-6-5-9-20(21)2)25-13-8-14-29-15-17-30(18-16-29)23-26-11-7-12-27-23;/h5-7,9-12H,4,8,13-19H2,1-3H3,(H,24,25);1H. The summed E-state index contributed by atoms with van der Waals surface area (Å²) in [5, 5.41) is 3.43. The summed E-state index contributed by atoms with van der Waals surface area (Å²) in [4.78, 5) is 20.6. The van der Waals surface area contributed by atoms with Crippen molar-refractivity contribution in [3.05, 3.63) is 53.9 Å². The molecule has 1 aromatic heterocycles. The lowest BCUT2D eigenvalue weighted by Crippen LogP contribution is -2.47. The first-order chi connectivity index (χ1) is 14.7. The van der Waals surface area contributed by atoms with Gasteiger partial charge in [0.25, 0.3) is 0 Å². The van der Waals surface area contributed by atoms with Crippen molar-refractivity contribution in [2.24, 2.45) is 4.99 Å². The number of nitrogens with zero attached hydrogens (tertiary/aromatic N) is 6. The Kier molecular flexibility index (Phi) is 11.0. The van der Waals surface area contributed by atoms with Crippen molar-refractivity contribution in [1.29, 1.82) is 0 Å². The largest absolute Gasteiger partial charge is 0.357 e. The lowest BCUT2D eigenvalue weighted by atomic mass is 10.1. The minimum absolute atomic E-state index is 0. The third-order valence-corrected chi connectivity index (χ3v) is 5.47. The maximum Gasteiger partial charge on any atom is 0.225 e. The minimum atomic E-state index is 0. The second kappa shape index (κ2) is 13.5. The van der Waals surface area contributed by atoms with Crippen LogP contribution >= 0.6 is 24.0 Å². The van der Waals surface area contributed by atoms with E-state index in [0.29, 0.717) is 0 Å². The molecule has 170 valence electrons. The number of aryl methyl sites for hydroxylation is 1. The second-order valence-corrected chi connectivity index (χ2v) is 7.75. The van der Waals surface area contributed by atoms with E-state index in [4.69, 9.17) is 4.99 Å². The third-order valence-electron chi connectivity index (χ3n) is 5.47. The smallest absolute Gasteiger partial charge is 0.225 e. The van der Waals surface area contributed by atoms with E-state index in [1.54, 1.807) is 0 Å². The van der Waals surface area contributed by atoms with Crippen LogP contribution < -0.4 is 10.2 Å². The molecule has 0 saturated carbocycles. The third kappa shape index (κ3) is 7.92. The maximum absolute atomic E-state index is 4.86. The van der Waals surface area contributed by atoms with Gasteiger partial charge in [0.1, 0.15) is 0 Å². The van der Waals surface area contributed by atoms with Gasteiger partial charge in [-0.05, 0) is 37.5 Å². The lowest BCUT2D eigenvalue weighted by Gasteiger charge is -2.34. The fourth-order valence-electron chi connectivity index (χ4n) is 3.69. The summed E-state index contributed by atoms with van der Waals surface area (Å²) in [6.07, 6.45) is 4.68. The van der Waals surface area contributed by atoms with Crippen LogP contribution in [0, 0.1) is 6.92 Å². The van der Waals surface area contributed by atoms with Crippen molar-refractivity contribution in [1.82, 2.24) is 25.1 Å². The van der Waals surface area contributed by atoms with E-state index in [0.717, 1.165) is 70.7 Å². The summed E-state index contributed by atoms with van der Waals surface area (Å²) < 4.78 is 0. The Hall–Kier alpha value is -1.94. The van der Waals surface area contributed by atoms with E-state index in [1.165, 1.54) is 11.1 Å². The SMILES string of the molecule is CCNC(=NCCCN1CCN(c2ncccn2)CC1)N(C)Cc1ccccc1C.I. The molecule has 31 heavy (non-hydrogen) atoms. The van der Waals surface area contributed by atoms with Gasteiger partial charge in [0.2, 0.25) is 5.95 Å². The zero-order valence-corrected chi connectivity index (χ0v) is 21.3. The quantitative estimate of drug-likeness (QED) is 0.242. The lowest BCUT2D eigenvalue weighted by molar-refractivity contribution is 0.255. The molecule has 3 rings (SSSR count). The number of aromatic nitrogens is 2. The number of hydrogen-bond donors (Lipinski definition) is 1. The molecule has 1 aliphatic heterocycles. The van der Waals surface area contributed by atoms with Crippen molar-refractivity contribution in [2.75, 3.05) is 57.8 Å². The summed E-state index contributed by atoms with van der Waals surface area (Å²) in [5.74, 6) is 1.82. The van der Waals surface area contributed by atoms with Crippen molar-refractivity contribution in [2.45, 2.75) is 26.8 Å². The van der Waals surface area contributed by atoms with Gasteiger partial charge in [0.15, 0.2) is 5.96 Å². The molecule has 8 heteroatoms. The molecule has 0 spiro atoms. The molecular weight excluding hydrogens is 501 g/mol. The van der Waals surface area contributed by atoms with Crippen molar-refractivity contribution in [3.63, 3.8) is 0 Å². The van der Waals surface area contributed by atoms with Crippen LogP contribution in [0.5, 0.6) is 0 Å². The highest BCUT2D eigenvalue weighted by atomic mass is 127. The molecule has 1 fully saturated rings. The van der Waals surface area contributed by atoms with Crippen LogP contribution in [0.1, 0.15) is 24.5 Å². The maximum atomic E-state index is 4.86. The van der Waals surface area contributed by atoms with Gasteiger partial charge >= 0.3 is 0 Å². The number of benzene rings is 1. The number of hydrogen-bond acceptors (Lipinski definition) is 5. The molecule has 1 N–H and O–H groups in total. The van der Waals surface area contributed by atoms with Crippen LogP contribution in [-0.2, 0) is 6.54 Å². The van der Waals surface area contributed by atoms with Gasteiger partial charge in [-0.3, -0.25) is 9.89 Å². The zero-order chi connectivity index (χ0) is 21.2. The predicted octanol–water partition coefficient (Wildman–Crippen LogP) is 3.01. The Morgan fingerprint density at radius 3 is 2.48 bits per heavy atom.